The highest BCUT2D eigenvalue weighted by atomic mass is 79.9. The van der Waals surface area contributed by atoms with Gasteiger partial charge in [-0.2, -0.15) is 5.10 Å². The minimum Gasteiger partial charge on any atom is -0.365 e. The van der Waals surface area contributed by atoms with Crippen LogP contribution in [0.1, 0.15) is 41.6 Å². The van der Waals surface area contributed by atoms with Crippen LogP contribution in [0.4, 0.5) is 10.2 Å². The van der Waals surface area contributed by atoms with E-state index in [-0.39, 0.29) is 35.6 Å². The van der Waals surface area contributed by atoms with Crippen LogP contribution < -0.4 is 11.1 Å². The van der Waals surface area contributed by atoms with E-state index in [1.807, 2.05) is 6.07 Å². The summed E-state index contributed by atoms with van der Waals surface area (Å²) < 4.78 is 15.9. The fraction of sp³-hybridized carbons (Fsp3) is 0.455. The molecule has 10 heteroatoms. The highest BCUT2D eigenvalue weighted by Gasteiger charge is 2.41. The number of amides is 2. The molecule has 168 valence electrons. The molecule has 8 nitrogen and oxygen atoms in total. The number of anilines is 1. The summed E-state index contributed by atoms with van der Waals surface area (Å²) in [6.45, 7) is 9.64. The molecule has 2 fully saturated rings. The SMILES string of the molecule is [C-]#[N+]CC1(n2cc(C(N)=O)c(NC(=O)C3CC3)n2)CCN(Cc2ccc(Br)c(F)c2)CC1. The number of carbonyl (C=O) groups is 2. The van der Waals surface area contributed by atoms with E-state index in [0.29, 0.717) is 36.9 Å². The lowest BCUT2D eigenvalue weighted by atomic mass is 9.87. The van der Waals surface area contributed by atoms with Gasteiger partial charge in [0.25, 0.3) is 5.91 Å². The first-order chi connectivity index (χ1) is 15.3. The van der Waals surface area contributed by atoms with Crippen LogP contribution in [-0.2, 0) is 16.9 Å². The zero-order chi connectivity index (χ0) is 22.9. The number of nitrogens with one attached hydrogen (secondary N) is 1. The van der Waals surface area contributed by atoms with Gasteiger partial charge < -0.3 is 15.9 Å². The average molecular weight is 503 g/mol. The first-order valence-electron chi connectivity index (χ1n) is 10.5. The first-order valence-corrected chi connectivity index (χ1v) is 11.3. The third-order valence-electron chi connectivity index (χ3n) is 6.21. The van der Waals surface area contributed by atoms with Crippen molar-refractivity contribution in [3.05, 3.63) is 57.2 Å². The summed E-state index contributed by atoms with van der Waals surface area (Å²) in [5.74, 6) is -1.00. The van der Waals surface area contributed by atoms with Crippen LogP contribution in [0.5, 0.6) is 0 Å². The molecular formula is C22H24BrFN6O2. The summed E-state index contributed by atoms with van der Waals surface area (Å²) in [6, 6.07) is 5.10. The first kappa shape index (κ1) is 22.4. The second kappa shape index (κ2) is 9.00. The van der Waals surface area contributed by atoms with E-state index in [0.717, 1.165) is 18.4 Å². The Labute approximate surface area is 193 Å². The van der Waals surface area contributed by atoms with Gasteiger partial charge in [-0.1, -0.05) is 6.07 Å². The molecular weight excluding hydrogens is 479 g/mol. The molecule has 3 N–H and O–H groups in total. The fourth-order valence-electron chi connectivity index (χ4n) is 4.08. The van der Waals surface area contributed by atoms with E-state index in [9.17, 15) is 14.0 Å². The molecule has 1 saturated carbocycles. The van der Waals surface area contributed by atoms with Gasteiger partial charge in [-0.05, 0) is 59.3 Å². The number of halogens is 2. The molecule has 0 unspecified atom stereocenters. The summed E-state index contributed by atoms with van der Waals surface area (Å²) >= 11 is 3.17. The van der Waals surface area contributed by atoms with Crippen molar-refractivity contribution in [3.63, 3.8) is 0 Å². The number of hydrogen-bond acceptors (Lipinski definition) is 4. The zero-order valence-corrected chi connectivity index (χ0v) is 19.1. The Bertz CT molecular complexity index is 1080. The van der Waals surface area contributed by atoms with Crippen LogP contribution >= 0.6 is 15.9 Å². The second-order valence-electron chi connectivity index (χ2n) is 8.53. The smallest absolute Gasteiger partial charge is 0.254 e. The van der Waals surface area contributed by atoms with Crippen molar-refractivity contribution in [1.29, 1.82) is 0 Å². The average Bonchev–Trinajstić information content (AvgIpc) is 3.52. The van der Waals surface area contributed by atoms with Crippen molar-refractivity contribution in [1.82, 2.24) is 14.7 Å². The topological polar surface area (TPSA) is 97.6 Å². The molecule has 32 heavy (non-hydrogen) atoms. The van der Waals surface area contributed by atoms with Crippen LogP contribution in [0.2, 0.25) is 0 Å². The molecule has 4 rings (SSSR count). The van der Waals surface area contributed by atoms with E-state index in [4.69, 9.17) is 12.3 Å². The monoisotopic (exact) mass is 502 g/mol. The number of nitrogens with two attached hydrogens (primary N) is 1. The Hall–Kier alpha value is -2.77. The molecule has 1 aromatic heterocycles. The van der Waals surface area contributed by atoms with Gasteiger partial charge >= 0.3 is 0 Å². The predicted octanol–water partition coefficient (Wildman–Crippen LogP) is 3.14. The van der Waals surface area contributed by atoms with Gasteiger partial charge in [-0.15, -0.1) is 0 Å². The number of hydrogen-bond donors (Lipinski definition) is 2. The highest BCUT2D eigenvalue weighted by Crippen LogP contribution is 2.34. The molecule has 2 aromatic rings. The number of benzene rings is 1. The van der Waals surface area contributed by atoms with Gasteiger partial charge in [0.1, 0.15) is 16.9 Å². The Kier molecular flexibility index (Phi) is 6.31. The minimum atomic E-state index is -0.671. The van der Waals surface area contributed by atoms with Crippen LogP contribution in [-0.4, -0.2) is 46.1 Å². The lowest BCUT2D eigenvalue weighted by molar-refractivity contribution is -0.117. The lowest BCUT2D eigenvalue weighted by Gasteiger charge is -2.38. The summed E-state index contributed by atoms with van der Waals surface area (Å²) in [5.41, 5.74) is 5.95. The van der Waals surface area contributed by atoms with Crippen LogP contribution in [0, 0.1) is 18.3 Å². The molecule has 2 amide bonds. The van der Waals surface area contributed by atoms with Crippen LogP contribution in [0.15, 0.2) is 28.9 Å². The second-order valence-corrected chi connectivity index (χ2v) is 9.38. The van der Waals surface area contributed by atoms with Crippen molar-refractivity contribution >= 4 is 33.6 Å². The highest BCUT2D eigenvalue weighted by molar-refractivity contribution is 9.10. The maximum absolute atomic E-state index is 13.8. The summed E-state index contributed by atoms with van der Waals surface area (Å²) in [5, 5.41) is 7.22. The number of likely N-dealkylation sites (tertiary alicyclic amines) is 1. The zero-order valence-electron chi connectivity index (χ0n) is 17.5. The Balaban J connectivity index is 1.51. The van der Waals surface area contributed by atoms with Gasteiger partial charge in [-0.3, -0.25) is 19.2 Å². The number of piperidine rings is 1. The third kappa shape index (κ3) is 4.69. The van der Waals surface area contributed by atoms with Gasteiger partial charge in [0.05, 0.1) is 4.47 Å². The van der Waals surface area contributed by atoms with Crippen LogP contribution in [0.3, 0.4) is 0 Å². The van der Waals surface area contributed by atoms with Crippen LogP contribution in [0.25, 0.3) is 4.85 Å². The standard InChI is InChI=1S/C22H24BrFN6O2/c1-26-13-22(6-8-29(9-7-22)11-14-2-5-17(23)18(24)10-14)30-12-16(19(25)31)20(28-30)27-21(32)15-3-4-15/h2,5,10,12,15H,3-4,6-9,11,13H2,(H2,25,31)(H,27,28,32). The van der Waals surface area contributed by atoms with E-state index in [1.165, 1.54) is 6.07 Å². The van der Waals surface area contributed by atoms with E-state index in [1.54, 1.807) is 16.9 Å². The number of aromatic nitrogens is 2. The molecule has 2 aliphatic rings. The lowest BCUT2D eigenvalue weighted by Crippen LogP contribution is -2.48. The molecule has 0 bridgehead atoms. The van der Waals surface area contributed by atoms with Crippen molar-refractivity contribution in [2.45, 2.75) is 37.8 Å². The Morgan fingerprint density at radius 1 is 1.34 bits per heavy atom. The van der Waals surface area contributed by atoms with Crippen molar-refractivity contribution in [2.24, 2.45) is 11.7 Å². The van der Waals surface area contributed by atoms with E-state index >= 15 is 0 Å². The fourth-order valence-corrected chi connectivity index (χ4v) is 4.33. The maximum atomic E-state index is 13.8. The summed E-state index contributed by atoms with van der Waals surface area (Å²) in [6.07, 6.45) is 4.47. The number of carbonyl (C=O) groups excluding carboxylic acids is 2. The molecule has 1 aliphatic carbocycles. The van der Waals surface area contributed by atoms with Crippen molar-refractivity contribution in [3.8, 4) is 0 Å². The normalized spacial score (nSPS) is 18.2. The molecule has 1 aromatic carbocycles. The number of nitrogens with zero attached hydrogens (tertiary/aromatic N) is 4. The van der Waals surface area contributed by atoms with Gasteiger partial charge in [0.2, 0.25) is 12.5 Å². The van der Waals surface area contributed by atoms with E-state index < -0.39 is 11.4 Å². The maximum Gasteiger partial charge on any atom is 0.254 e. The van der Waals surface area contributed by atoms with Crippen molar-refractivity contribution in [2.75, 3.05) is 25.0 Å². The third-order valence-corrected chi connectivity index (χ3v) is 6.85. The van der Waals surface area contributed by atoms with Gasteiger partial charge in [-0.25, -0.2) is 11.0 Å². The molecule has 0 atom stereocenters. The molecule has 0 radical (unpaired) electrons. The summed E-state index contributed by atoms with van der Waals surface area (Å²) in [7, 11) is 0. The Morgan fingerprint density at radius 3 is 2.66 bits per heavy atom. The minimum absolute atomic E-state index is 0.0373. The number of rotatable bonds is 7. The molecule has 0 spiro atoms. The predicted molar refractivity (Wildman–Crippen MR) is 120 cm³/mol. The van der Waals surface area contributed by atoms with Gasteiger partial charge in [0, 0.05) is 31.7 Å². The summed E-state index contributed by atoms with van der Waals surface area (Å²) in [4.78, 5) is 30.0. The molecule has 1 saturated heterocycles. The number of primary amides is 1. The van der Waals surface area contributed by atoms with Gasteiger partial charge in [0.15, 0.2) is 5.82 Å². The molecule has 2 heterocycles. The Morgan fingerprint density at radius 2 is 2.06 bits per heavy atom. The largest absolute Gasteiger partial charge is 0.365 e. The van der Waals surface area contributed by atoms with Crippen molar-refractivity contribution < 1.29 is 14.0 Å². The quantitative estimate of drug-likeness (QED) is 0.568. The molecule has 1 aliphatic heterocycles. The van der Waals surface area contributed by atoms with E-state index in [2.05, 4.69) is 36.1 Å².